The van der Waals surface area contributed by atoms with E-state index >= 15 is 0 Å². The molecule has 1 saturated heterocycles. The minimum atomic E-state index is -3.64. The molecule has 1 amide bonds. The minimum absolute atomic E-state index is 0.0269. The largest absolute Gasteiger partial charge is 0.455 e. The lowest BCUT2D eigenvalue weighted by Gasteiger charge is -2.45. The number of sulfone groups is 1. The molecule has 0 aliphatic carbocycles. The van der Waals surface area contributed by atoms with E-state index in [4.69, 9.17) is 4.74 Å². The molecule has 1 fully saturated rings. The first kappa shape index (κ1) is 19.8. The van der Waals surface area contributed by atoms with Crippen molar-refractivity contribution in [1.82, 2.24) is 4.90 Å². The lowest BCUT2D eigenvalue weighted by molar-refractivity contribution is -0.155. The van der Waals surface area contributed by atoms with Crippen LogP contribution in [0.25, 0.3) is 6.08 Å². The molecule has 144 valence electrons. The Morgan fingerprint density at radius 3 is 2.52 bits per heavy atom. The van der Waals surface area contributed by atoms with Gasteiger partial charge in [-0.05, 0) is 51.0 Å². The van der Waals surface area contributed by atoms with Gasteiger partial charge in [-0.3, -0.25) is 9.69 Å². The van der Waals surface area contributed by atoms with Gasteiger partial charge in [-0.25, -0.2) is 13.2 Å². The zero-order chi connectivity index (χ0) is 20.1. The Kier molecular flexibility index (Phi) is 4.84. The maximum absolute atomic E-state index is 12.8. The van der Waals surface area contributed by atoms with Crippen LogP contribution in [0.5, 0.6) is 0 Å². The lowest BCUT2D eigenvalue weighted by atomic mass is 9.99. The van der Waals surface area contributed by atoms with Gasteiger partial charge in [0.05, 0.1) is 11.3 Å². The number of ether oxygens (including phenoxy) is 1. The molecule has 1 aromatic rings. The van der Waals surface area contributed by atoms with Crippen molar-refractivity contribution < 1.29 is 22.7 Å². The molecular weight excluding hydrogens is 434 g/mol. The van der Waals surface area contributed by atoms with Gasteiger partial charge in [0.2, 0.25) is 0 Å². The molecule has 27 heavy (non-hydrogen) atoms. The smallest absolute Gasteiger partial charge is 0.355 e. The van der Waals surface area contributed by atoms with E-state index in [1.807, 2.05) is 6.07 Å². The van der Waals surface area contributed by atoms with Gasteiger partial charge in [0.15, 0.2) is 15.2 Å². The topological polar surface area (TPSA) is 80.8 Å². The minimum Gasteiger partial charge on any atom is -0.455 e. The van der Waals surface area contributed by atoms with Crippen LogP contribution in [0.4, 0.5) is 0 Å². The molecular formula is C19H20BrNO5S. The third kappa shape index (κ3) is 3.60. The van der Waals surface area contributed by atoms with Gasteiger partial charge >= 0.3 is 5.97 Å². The highest BCUT2D eigenvalue weighted by atomic mass is 79.9. The van der Waals surface area contributed by atoms with E-state index < -0.39 is 32.7 Å². The number of β-lactam (4-membered cyclic amide) rings is 1. The van der Waals surface area contributed by atoms with Gasteiger partial charge in [0, 0.05) is 4.47 Å². The van der Waals surface area contributed by atoms with E-state index in [1.165, 1.54) is 6.92 Å². The maximum atomic E-state index is 12.8. The molecule has 2 aliphatic heterocycles. The Balaban J connectivity index is 2.04. The van der Waals surface area contributed by atoms with Crippen LogP contribution in [0.2, 0.25) is 0 Å². The Labute approximate surface area is 166 Å². The van der Waals surface area contributed by atoms with E-state index in [2.05, 4.69) is 15.9 Å². The summed E-state index contributed by atoms with van der Waals surface area (Å²) in [6.07, 6.45) is 1.55. The number of esters is 1. The maximum Gasteiger partial charge on any atom is 0.355 e. The number of carbonyl (C=O) groups excluding carboxylic acids is 2. The summed E-state index contributed by atoms with van der Waals surface area (Å²) in [5.74, 6) is -1.48. The van der Waals surface area contributed by atoms with E-state index in [-0.39, 0.29) is 17.0 Å². The summed E-state index contributed by atoms with van der Waals surface area (Å²) in [5.41, 5.74) is 0.432. The van der Waals surface area contributed by atoms with E-state index in [9.17, 15) is 18.0 Å². The molecule has 0 aromatic heterocycles. The number of halogens is 1. The number of fused-ring (bicyclic) bond motifs is 1. The van der Waals surface area contributed by atoms with Crippen molar-refractivity contribution in [3.8, 4) is 0 Å². The standard InChI is InChI=1S/C19H20BrNO5S/c1-11-10-27(24,25)17-13(9-12-7-5-6-8-14(12)20)16(22)21(17)15(11)18(23)26-19(2,3)4/h5-9,17H,10H2,1-4H3/b13-9+. The number of rotatable bonds is 2. The second-order valence-corrected chi connectivity index (χ2v) is 10.5. The predicted octanol–water partition coefficient (Wildman–Crippen LogP) is 3.04. The van der Waals surface area contributed by atoms with Gasteiger partial charge in [0.25, 0.3) is 5.91 Å². The summed E-state index contributed by atoms with van der Waals surface area (Å²) in [6, 6.07) is 7.20. The fraction of sp³-hybridized carbons (Fsp3) is 0.368. The summed E-state index contributed by atoms with van der Waals surface area (Å²) < 4.78 is 31.5. The number of carbonyl (C=O) groups is 2. The van der Waals surface area contributed by atoms with Crippen LogP contribution < -0.4 is 0 Å². The van der Waals surface area contributed by atoms with E-state index in [0.29, 0.717) is 11.1 Å². The average Bonchev–Trinajstić information content (AvgIpc) is 2.51. The van der Waals surface area contributed by atoms with Crippen LogP contribution in [0.1, 0.15) is 33.3 Å². The van der Waals surface area contributed by atoms with Crippen LogP contribution in [0, 0.1) is 0 Å². The zero-order valence-electron chi connectivity index (χ0n) is 15.4. The first-order valence-corrected chi connectivity index (χ1v) is 10.9. The number of hydrogen-bond donors (Lipinski definition) is 0. The molecule has 0 radical (unpaired) electrons. The van der Waals surface area contributed by atoms with E-state index in [0.717, 1.165) is 9.37 Å². The molecule has 8 heteroatoms. The number of hydrogen-bond acceptors (Lipinski definition) is 5. The van der Waals surface area contributed by atoms with Crippen LogP contribution >= 0.6 is 15.9 Å². The normalized spacial score (nSPS) is 23.1. The number of benzene rings is 1. The third-order valence-corrected chi connectivity index (χ3v) is 6.88. The number of nitrogens with zero attached hydrogens (tertiary/aromatic N) is 1. The highest BCUT2D eigenvalue weighted by Crippen LogP contribution is 2.41. The Bertz CT molecular complexity index is 1000. The molecule has 2 heterocycles. The fourth-order valence-corrected chi connectivity index (χ4v) is 5.52. The Hall–Kier alpha value is -1.93. The first-order chi connectivity index (χ1) is 12.4. The molecule has 2 aliphatic rings. The molecule has 0 saturated carbocycles. The van der Waals surface area contributed by atoms with Crippen molar-refractivity contribution in [2.75, 3.05) is 5.75 Å². The van der Waals surface area contributed by atoms with Gasteiger partial charge in [0.1, 0.15) is 11.3 Å². The second-order valence-electron chi connectivity index (χ2n) is 7.59. The average molecular weight is 454 g/mol. The zero-order valence-corrected chi connectivity index (χ0v) is 17.8. The van der Waals surface area contributed by atoms with Crippen LogP contribution in [-0.4, -0.2) is 41.9 Å². The van der Waals surface area contributed by atoms with Crippen molar-refractivity contribution in [3.63, 3.8) is 0 Å². The lowest BCUT2D eigenvalue weighted by Crippen LogP contribution is -2.62. The van der Waals surface area contributed by atoms with Crippen molar-refractivity contribution in [2.24, 2.45) is 0 Å². The first-order valence-electron chi connectivity index (χ1n) is 8.37. The SMILES string of the molecule is CC1=C(C(=O)OC(C)(C)C)N2C(=O)/C(=C\c3ccccc3Br)C2S(=O)(=O)C1. The summed E-state index contributed by atoms with van der Waals surface area (Å²) >= 11 is 3.39. The van der Waals surface area contributed by atoms with Gasteiger partial charge in [-0.2, -0.15) is 0 Å². The quantitative estimate of drug-likeness (QED) is 0.390. The summed E-state index contributed by atoms with van der Waals surface area (Å²) in [6.45, 7) is 6.69. The summed E-state index contributed by atoms with van der Waals surface area (Å²) in [7, 11) is -3.64. The van der Waals surface area contributed by atoms with Crippen LogP contribution in [-0.2, 0) is 24.2 Å². The van der Waals surface area contributed by atoms with Gasteiger partial charge in [-0.1, -0.05) is 34.1 Å². The fourth-order valence-electron chi connectivity index (χ4n) is 3.14. The van der Waals surface area contributed by atoms with Crippen LogP contribution in [0.15, 0.2) is 45.6 Å². The number of amides is 1. The molecule has 0 spiro atoms. The van der Waals surface area contributed by atoms with Gasteiger partial charge in [-0.15, -0.1) is 0 Å². The molecule has 1 unspecified atom stereocenters. The molecule has 6 nitrogen and oxygen atoms in total. The molecule has 0 bridgehead atoms. The van der Waals surface area contributed by atoms with Crippen molar-refractivity contribution in [2.45, 2.75) is 38.7 Å². The Morgan fingerprint density at radius 2 is 1.93 bits per heavy atom. The van der Waals surface area contributed by atoms with Crippen LogP contribution in [0.3, 0.4) is 0 Å². The molecule has 1 atom stereocenters. The monoisotopic (exact) mass is 453 g/mol. The van der Waals surface area contributed by atoms with Crippen molar-refractivity contribution >= 4 is 43.7 Å². The van der Waals surface area contributed by atoms with Gasteiger partial charge < -0.3 is 4.74 Å². The third-order valence-electron chi connectivity index (χ3n) is 4.18. The molecule has 0 N–H and O–H groups in total. The molecule has 1 aromatic carbocycles. The Morgan fingerprint density at radius 1 is 1.30 bits per heavy atom. The van der Waals surface area contributed by atoms with E-state index in [1.54, 1.807) is 45.0 Å². The predicted molar refractivity (Wildman–Crippen MR) is 105 cm³/mol. The highest BCUT2D eigenvalue weighted by molar-refractivity contribution is 9.10. The summed E-state index contributed by atoms with van der Waals surface area (Å²) in [5, 5.41) is -1.16. The highest BCUT2D eigenvalue weighted by Gasteiger charge is 2.56. The molecule has 3 rings (SSSR count). The van der Waals surface area contributed by atoms with Crippen molar-refractivity contribution in [1.29, 1.82) is 0 Å². The summed E-state index contributed by atoms with van der Waals surface area (Å²) in [4.78, 5) is 26.4. The second kappa shape index (κ2) is 6.60. The van der Waals surface area contributed by atoms with Crippen molar-refractivity contribution in [3.05, 3.63) is 51.1 Å².